The van der Waals surface area contributed by atoms with Crippen molar-refractivity contribution in [3.05, 3.63) is 41.7 Å². The Bertz CT molecular complexity index is 907. The van der Waals surface area contributed by atoms with Crippen molar-refractivity contribution in [2.75, 3.05) is 19.6 Å². The van der Waals surface area contributed by atoms with E-state index in [9.17, 15) is 4.79 Å². The van der Waals surface area contributed by atoms with Crippen LogP contribution in [0.5, 0.6) is 11.5 Å². The van der Waals surface area contributed by atoms with E-state index in [1.165, 1.54) is 19.3 Å². The number of carbonyl (C=O) groups excluding carboxylic acids is 1. The first-order valence-electron chi connectivity index (χ1n) is 10.7. The average molecular weight is 431 g/mol. The lowest BCUT2D eigenvalue weighted by atomic mass is 9.87. The van der Waals surface area contributed by atoms with E-state index in [-0.39, 0.29) is 18.4 Å². The molecule has 2 aromatic rings. The van der Waals surface area contributed by atoms with Crippen LogP contribution in [0.15, 0.2) is 30.6 Å². The van der Waals surface area contributed by atoms with Gasteiger partial charge >= 0.3 is 5.97 Å². The first-order chi connectivity index (χ1) is 13.9. The van der Waals surface area contributed by atoms with E-state index in [2.05, 4.69) is 9.88 Å². The topological polar surface area (TPSA) is 51.7 Å². The SMILES string of the molecule is Cc1cc(OC(=O)CCCN2CCCCC2)c2c(c1)OC(C)(C)c1ccncc1-2.Cl. The molecule has 0 saturated carbocycles. The van der Waals surface area contributed by atoms with Crippen molar-refractivity contribution in [2.45, 2.75) is 58.5 Å². The van der Waals surface area contributed by atoms with E-state index in [1.807, 2.05) is 45.2 Å². The monoisotopic (exact) mass is 430 g/mol. The largest absolute Gasteiger partial charge is 0.482 e. The Hall–Kier alpha value is -2.11. The number of carbonyl (C=O) groups is 1. The molecule has 30 heavy (non-hydrogen) atoms. The Morgan fingerprint density at radius 2 is 2.00 bits per heavy atom. The van der Waals surface area contributed by atoms with Gasteiger partial charge in [0, 0.05) is 29.9 Å². The van der Waals surface area contributed by atoms with Crippen molar-refractivity contribution in [3.63, 3.8) is 0 Å². The lowest BCUT2D eigenvalue weighted by molar-refractivity contribution is -0.134. The van der Waals surface area contributed by atoms with Crippen molar-refractivity contribution >= 4 is 18.4 Å². The number of esters is 1. The third-order valence-electron chi connectivity index (χ3n) is 5.84. The standard InChI is InChI=1S/C24H30N2O3.ClH/c1-17-14-20(28-22(27)8-7-13-26-11-5-4-6-12-26)23-18-16-25-10-9-19(18)24(2,3)29-21(23)15-17;/h9-10,14-16H,4-8,11-13H2,1-3H3;1H. The molecule has 0 bridgehead atoms. The van der Waals surface area contributed by atoms with Crippen molar-refractivity contribution in [3.8, 4) is 22.6 Å². The number of pyridine rings is 1. The summed E-state index contributed by atoms with van der Waals surface area (Å²) < 4.78 is 12.1. The van der Waals surface area contributed by atoms with Gasteiger partial charge in [0.15, 0.2) is 0 Å². The molecule has 2 aliphatic rings. The van der Waals surface area contributed by atoms with E-state index in [0.29, 0.717) is 12.2 Å². The average Bonchev–Trinajstić information content (AvgIpc) is 2.68. The van der Waals surface area contributed by atoms with Crippen LogP contribution in [-0.2, 0) is 10.4 Å². The van der Waals surface area contributed by atoms with Crippen LogP contribution < -0.4 is 9.47 Å². The zero-order valence-corrected chi connectivity index (χ0v) is 18.9. The third kappa shape index (κ3) is 4.79. The van der Waals surface area contributed by atoms with Crippen LogP contribution in [0.4, 0.5) is 0 Å². The molecule has 0 aliphatic carbocycles. The Kier molecular flexibility index (Phi) is 7.04. The highest BCUT2D eigenvalue weighted by Crippen LogP contribution is 2.49. The molecule has 0 atom stereocenters. The molecule has 1 aromatic carbocycles. The fourth-order valence-corrected chi connectivity index (χ4v) is 4.40. The van der Waals surface area contributed by atoms with Gasteiger partial charge in [-0.15, -0.1) is 12.4 Å². The number of rotatable bonds is 5. The molecule has 0 spiro atoms. The highest BCUT2D eigenvalue weighted by molar-refractivity contribution is 5.85. The number of halogens is 1. The Morgan fingerprint density at radius 3 is 2.77 bits per heavy atom. The van der Waals surface area contributed by atoms with E-state index >= 15 is 0 Å². The fraction of sp³-hybridized carbons (Fsp3) is 0.500. The Balaban J connectivity index is 0.00000256. The summed E-state index contributed by atoms with van der Waals surface area (Å²) in [7, 11) is 0. The van der Waals surface area contributed by atoms with Gasteiger partial charge in [-0.25, -0.2) is 0 Å². The Morgan fingerprint density at radius 1 is 1.23 bits per heavy atom. The van der Waals surface area contributed by atoms with Crippen LogP contribution in [0.1, 0.15) is 57.1 Å². The molecular weight excluding hydrogens is 400 g/mol. The Labute approximate surface area is 185 Å². The van der Waals surface area contributed by atoms with E-state index < -0.39 is 5.60 Å². The summed E-state index contributed by atoms with van der Waals surface area (Å²) in [6.07, 6.45) is 8.72. The number of benzene rings is 1. The van der Waals surface area contributed by atoms with Gasteiger partial charge in [0.05, 0.1) is 5.56 Å². The zero-order chi connectivity index (χ0) is 20.4. The molecular formula is C24H31ClN2O3. The normalized spacial score (nSPS) is 17.2. The van der Waals surface area contributed by atoms with Crippen molar-refractivity contribution in [2.24, 2.45) is 0 Å². The van der Waals surface area contributed by atoms with Crippen LogP contribution >= 0.6 is 12.4 Å². The lowest BCUT2D eigenvalue weighted by Gasteiger charge is -2.35. The van der Waals surface area contributed by atoms with Gasteiger partial charge in [0.1, 0.15) is 17.1 Å². The van der Waals surface area contributed by atoms with Gasteiger partial charge in [0.25, 0.3) is 0 Å². The van der Waals surface area contributed by atoms with E-state index in [0.717, 1.165) is 54.1 Å². The summed E-state index contributed by atoms with van der Waals surface area (Å²) in [5, 5.41) is 0. The van der Waals surface area contributed by atoms with E-state index in [1.54, 1.807) is 6.20 Å². The molecule has 0 amide bonds. The van der Waals surface area contributed by atoms with Crippen molar-refractivity contribution in [1.82, 2.24) is 9.88 Å². The minimum absolute atomic E-state index is 0. The van der Waals surface area contributed by atoms with Crippen LogP contribution in [0.2, 0.25) is 0 Å². The van der Waals surface area contributed by atoms with Crippen molar-refractivity contribution in [1.29, 1.82) is 0 Å². The second kappa shape index (κ2) is 9.36. The van der Waals surface area contributed by atoms with Gasteiger partial charge in [0.2, 0.25) is 0 Å². The van der Waals surface area contributed by atoms with E-state index in [4.69, 9.17) is 9.47 Å². The number of piperidine rings is 1. The van der Waals surface area contributed by atoms with Gasteiger partial charge in [-0.3, -0.25) is 9.78 Å². The van der Waals surface area contributed by atoms with Gasteiger partial charge < -0.3 is 14.4 Å². The number of nitrogens with zero attached hydrogens (tertiary/aromatic N) is 2. The maximum atomic E-state index is 12.6. The molecule has 3 heterocycles. The molecule has 4 rings (SSSR count). The molecule has 2 aliphatic heterocycles. The number of aryl methyl sites for hydroxylation is 1. The third-order valence-corrected chi connectivity index (χ3v) is 5.84. The summed E-state index contributed by atoms with van der Waals surface area (Å²) in [6, 6.07) is 5.89. The maximum Gasteiger partial charge on any atom is 0.311 e. The minimum Gasteiger partial charge on any atom is -0.482 e. The summed E-state index contributed by atoms with van der Waals surface area (Å²) >= 11 is 0. The second-order valence-corrected chi connectivity index (χ2v) is 8.65. The van der Waals surface area contributed by atoms with Crippen LogP contribution in [0, 0.1) is 6.92 Å². The fourth-order valence-electron chi connectivity index (χ4n) is 4.40. The molecule has 1 fully saturated rings. The predicted molar refractivity (Wildman–Crippen MR) is 120 cm³/mol. The van der Waals surface area contributed by atoms with Gasteiger partial charge in [-0.2, -0.15) is 0 Å². The van der Waals surface area contributed by atoms with Crippen molar-refractivity contribution < 1.29 is 14.3 Å². The van der Waals surface area contributed by atoms with Crippen LogP contribution in [0.25, 0.3) is 11.1 Å². The first-order valence-corrected chi connectivity index (χ1v) is 10.7. The summed E-state index contributed by atoms with van der Waals surface area (Å²) in [5.41, 5.74) is 3.38. The number of hydrogen-bond donors (Lipinski definition) is 0. The zero-order valence-electron chi connectivity index (χ0n) is 18.1. The highest BCUT2D eigenvalue weighted by Gasteiger charge is 2.35. The van der Waals surface area contributed by atoms with Crippen LogP contribution in [-0.4, -0.2) is 35.5 Å². The lowest BCUT2D eigenvalue weighted by Crippen LogP contribution is -2.31. The number of likely N-dealkylation sites (tertiary alicyclic amines) is 1. The summed E-state index contributed by atoms with van der Waals surface area (Å²) in [5.74, 6) is 1.12. The van der Waals surface area contributed by atoms with Gasteiger partial charge in [-0.05, 0) is 83.4 Å². The highest BCUT2D eigenvalue weighted by atomic mass is 35.5. The second-order valence-electron chi connectivity index (χ2n) is 8.65. The summed E-state index contributed by atoms with van der Waals surface area (Å²) in [4.78, 5) is 19.3. The predicted octanol–water partition coefficient (Wildman–Crippen LogP) is 5.28. The first kappa shape index (κ1) is 22.6. The minimum atomic E-state index is -0.464. The smallest absolute Gasteiger partial charge is 0.311 e. The quantitative estimate of drug-likeness (QED) is 0.477. The molecule has 0 unspecified atom stereocenters. The molecule has 162 valence electrons. The maximum absolute atomic E-state index is 12.6. The molecule has 0 N–H and O–H groups in total. The van der Waals surface area contributed by atoms with Gasteiger partial charge in [-0.1, -0.05) is 6.42 Å². The summed E-state index contributed by atoms with van der Waals surface area (Å²) in [6.45, 7) is 9.34. The molecule has 5 nitrogen and oxygen atoms in total. The molecule has 6 heteroatoms. The molecule has 0 radical (unpaired) electrons. The number of ether oxygens (including phenoxy) is 2. The number of aromatic nitrogens is 1. The molecule has 1 aromatic heterocycles. The number of fused-ring (bicyclic) bond motifs is 3. The number of hydrogen-bond acceptors (Lipinski definition) is 5. The van der Waals surface area contributed by atoms with Crippen LogP contribution in [0.3, 0.4) is 0 Å². The molecule has 1 saturated heterocycles.